The molecular formula is C24H27N3O3. The van der Waals surface area contributed by atoms with Crippen molar-refractivity contribution >= 4 is 6.09 Å². The molecule has 6 heteroatoms. The molecule has 1 amide bonds. The number of carbonyl (C=O) groups is 1. The number of pyridine rings is 1. The van der Waals surface area contributed by atoms with Gasteiger partial charge in [-0.3, -0.25) is 4.98 Å². The Balaban J connectivity index is 1.59. The zero-order chi connectivity index (χ0) is 21.3. The lowest BCUT2D eigenvalue weighted by Crippen LogP contribution is -2.46. The first-order chi connectivity index (χ1) is 14.5. The van der Waals surface area contributed by atoms with Gasteiger partial charge in [0.1, 0.15) is 0 Å². The van der Waals surface area contributed by atoms with E-state index in [1.54, 1.807) is 6.20 Å². The standard InChI is InChI=1S/C24H27N3O3/c25-20(14-18-9-11-19(12-10-18)21-8-4-5-13-26-21)16-23(28)22(27-24(29)30)15-17-6-2-1-3-7-17/h1-13,20,22-23,27-28H,14-16,25H2,(H,29,30)/t20-,22+,23+/m1/s1. The van der Waals surface area contributed by atoms with Crippen molar-refractivity contribution in [1.82, 2.24) is 10.3 Å². The number of benzene rings is 2. The van der Waals surface area contributed by atoms with Gasteiger partial charge in [-0.25, -0.2) is 4.79 Å². The molecule has 156 valence electrons. The fourth-order valence-corrected chi connectivity index (χ4v) is 3.52. The van der Waals surface area contributed by atoms with Crippen molar-refractivity contribution in [1.29, 1.82) is 0 Å². The van der Waals surface area contributed by atoms with E-state index in [0.29, 0.717) is 19.3 Å². The number of amides is 1. The topological polar surface area (TPSA) is 108 Å². The SMILES string of the molecule is N[C@H](Cc1ccc(-c2ccccn2)cc1)C[C@H](O)[C@H](Cc1ccccc1)NC(=O)O. The predicted molar refractivity (Wildman–Crippen MR) is 117 cm³/mol. The van der Waals surface area contributed by atoms with Crippen LogP contribution >= 0.6 is 0 Å². The van der Waals surface area contributed by atoms with Gasteiger partial charge < -0.3 is 21.3 Å². The maximum absolute atomic E-state index is 11.2. The zero-order valence-corrected chi connectivity index (χ0v) is 16.7. The van der Waals surface area contributed by atoms with Gasteiger partial charge in [-0.1, -0.05) is 60.7 Å². The normalized spacial score (nSPS) is 13.9. The number of carboxylic acid groups (broad SMARTS) is 1. The summed E-state index contributed by atoms with van der Waals surface area (Å²) < 4.78 is 0. The van der Waals surface area contributed by atoms with Crippen molar-refractivity contribution in [3.8, 4) is 11.3 Å². The van der Waals surface area contributed by atoms with Crippen LogP contribution in [0.1, 0.15) is 17.5 Å². The minimum absolute atomic E-state index is 0.291. The highest BCUT2D eigenvalue weighted by molar-refractivity contribution is 5.65. The van der Waals surface area contributed by atoms with E-state index in [9.17, 15) is 9.90 Å². The van der Waals surface area contributed by atoms with Crippen LogP contribution in [0, 0.1) is 0 Å². The second kappa shape index (κ2) is 10.5. The second-order valence-electron chi connectivity index (χ2n) is 7.42. The van der Waals surface area contributed by atoms with Crippen LogP contribution in [-0.2, 0) is 12.8 Å². The van der Waals surface area contributed by atoms with Crippen molar-refractivity contribution in [3.05, 3.63) is 90.1 Å². The van der Waals surface area contributed by atoms with Gasteiger partial charge in [-0.15, -0.1) is 0 Å². The summed E-state index contributed by atoms with van der Waals surface area (Å²) in [6.45, 7) is 0. The number of nitrogens with zero attached hydrogens (tertiary/aromatic N) is 1. The van der Waals surface area contributed by atoms with Crippen molar-refractivity contribution < 1.29 is 15.0 Å². The average Bonchev–Trinajstić information content (AvgIpc) is 2.75. The number of aliphatic hydroxyl groups is 1. The van der Waals surface area contributed by atoms with Crippen molar-refractivity contribution in [3.63, 3.8) is 0 Å². The molecule has 1 heterocycles. The molecule has 0 saturated carbocycles. The summed E-state index contributed by atoms with van der Waals surface area (Å²) in [5, 5.41) is 22.2. The third kappa shape index (κ3) is 6.40. The summed E-state index contributed by atoms with van der Waals surface area (Å²) in [6, 6.07) is 22.4. The zero-order valence-electron chi connectivity index (χ0n) is 16.7. The molecular weight excluding hydrogens is 378 g/mol. The number of hydrogen-bond donors (Lipinski definition) is 4. The first-order valence-electron chi connectivity index (χ1n) is 9.98. The van der Waals surface area contributed by atoms with Gasteiger partial charge in [0.2, 0.25) is 0 Å². The first kappa shape index (κ1) is 21.5. The van der Waals surface area contributed by atoms with Crippen LogP contribution in [0.3, 0.4) is 0 Å². The quantitative estimate of drug-likeness (QED) is 0.437. The molecule has 2 aromatic carbocycles. The number of nitrogens with two attached hydrogens (primary N) is 1. The summed E-state index contributed by atoms with van der Waals surface area (Å²) in [5.74, 6) is 0. The smallest absolute Gasteiger partial charge is 0.404 e. The third-order valence-electron chi connectivity index (χ3n) is 5.03. The summed E-state index contributed by atoms with van der Waals surface area (Å²) >= 11 is 0. The van der Waals surface area contributed by atoms with Crippen LogP contribution in [0.25, 0.3) is 11.3 Å². The summed E-state index contributed by atoms with van der Waals surface area (Å²) in [4.78, 5) is 15.5. The minimum Gasteiger partial charge on any atom is -0.465 e. The molecule has 0 fully saturated rings. The molecule has 0 radical (unpaired) electrons. The lowest BCUT2D eigenvalue weighted by Gasteiger charge is -2.25. The number of aromatic nitrogens is 1. The molecule has 0 bridgehead atoms. The monoisotopic (exact) mass is 405 g/mol. The van der Waals surface area contributed by atoms with Crippen LogP contribution in [0.4, 0.5) is 4.79 Å². The Bertz CT molecular complexity index is 917. The van der Waals surface area contributed by atoms with Gasteiger partial charge in [-0.2, -0.15) is 0 Å². The average molecular weight is 405 g/mol. The van der Waals surface area contributed by atoms with E-state index >= 15 is 0 Å². The Labute approximate surface area is 176 Å². The largest absolute Gasteiger partial charge is 0.465 e. The number of nitrogens with one attached hydrogen (secondary N) is 1. The summed E-state index contributed by atoms with van der Waals surface area (Å²) in [6.07, 6.45) is 1.000. The highest BCUT2D eigenvalue weighted by Crippen LogP contribution is 2.18. The van der Waals surface area contributed by atoms with E-state index in [4.69, 9.17) is 10.8 Å². The molecule has 0 aliphatic heterocycles. The van der Waals surface area contributed by atoms with Gasteiger partial charge in [0.15, 0.2) is 0 Å². The molecule has 3 atom stereocenters. The molecule has 1 aromatic heterocycles. The highest BCUT2D eigenvalue weighted by Gasteiger charge is 2.23. The van der Waals surface area contributed by atoms with Gasteiger partial charge >= 0.3 is 6.09 Å². The molecule has 0 aliphatic carbocycles. The molecule has 0 saturated heterocycles. The predicted octanol–water partition coefficient (Wildman–Crippen LogP) is 3.25. The van der Waals surface area contributed by atoms with Crippen LogP contribution in [0.15, 0.2) is 79.0 Å². The maximum Gasteiger partial charge on any atom is 0.404 e. The Morgan fingerprint density at radius 2 is 1.60 bits per heavy atom. The van der Waals surface area contributed by atoms with Crippen molar-refractivity contribution in [2.75, 3.05) is 0 Å². The second-order valence-corrected chi connectivity index (χ2v) is 7.42. The molecule has 0 aliphatic rings. The number of rotatable bonds is 9. The maximum atomic E-state index is 11.2. The number of hydrogen-bond acceptors (Lipinski definition) is 4. The van der Waals surface area contributed by atoms with Gasteiger partial charge in [0.05, 0.1) is 17.8 Å². The van der Waals surface area contributed by atoms with E-state index in [1.807, 2.05) is 72.8 Å². The van der Waals surface area contributed by atoms with Crippen LogP contribution in [0.2, 0.25) is 0 Å². The Morgan fingerprint density at radius 3 is 2.23 bits per heavy atom. The van der Waals surface area contributed by atoms with Gasteiger partial charge in [0, 0.05) is 17.8 Å². The Hall–Kier alpha value is -3.22. The fourth-order valence-electron chi connectivity index (χ4n) is 3.52. The van der Waals surface area contributed by atoms with Crippen LogP contribution in [-0.4, -0.2) is 39.5 Å². The molecule has 3 rings (SSSR count). The lowest BCUT2D eigenvalue weighted by molar-refractivity contribution is 0.105. The van der Waals surface area contributed by atoms with Crippen molar-refractivity contribution in [2.24, 2.45) is 5.73 Å². The Morgan fingerprint density at radius 1 is 0.933 bits per heavy atom. The third-order valence-corrected chi connectivity index (χ3v) is 5.03. The van der Waals surface area contributed by atoms with Crippen molar-refractivity contribution in [2.45, 2.75) is 37.5 Å². The molecule has 0 unspecified atom stereocenters. The Kier molecular flexibility index (Phi) is 7.54. The molecule has 6 nitrogen and oxygen atoms in total. The lowest BCUT2D eigenvalue weighted by atomic mass is 9.94. The van der Waals surface area contributed by atoms with E-state index in [-0.39, 0.29) is 6.04 Å². The summed E-state index contributed by atoms with van der Waals surface area (Å²) in [5.41, 5.74) is 10.2. The molecule has 3 aromatic rings. The van der Waals surface area contributed by atoms with Crippen LogP contribution in [0.5, 0.6) is 0 Å². The molecule has 0 spiro atoms. The van der Waals surface area contributed by atoms with Gasteiger partial charge in [0.25, 0.3) is 0 Å². The number of aliphatic hydroxyl groups excluding tert-OH is 1. The van der Waals surface area contributed by atoms with Gasteiger partial charge in [-0.05, 0) is 42.5 Å². The fraction of sp³-hybridized carbons (Fsp3) is 0.250. The summed E-state index contributed by atoms with van der Waals surface area (Å²) in [7, 11) is 0. The van der Waals surface area contributed by atoms with E-state index in [2.05, 4.69) is 10.3 Å². The first-order valence-corrected chi connectivity index (χ1v) is 9.98. The highest BCUT2D eigenvalue weighted by atomic mass is 16.4. The molecule has 30 heavy (non-hydrogen) atoms. The van der Waals surface area contributed by atoms with E-state index < -0.39 is 18.2 Å². The molecule has 5 N–H and O–H groups in total. The van der Waals surface area contributed by atoms with E-state index in [1.165, 1.54) is 0 Å². The van der Waals surface area contributed by atoms with E-state index in [0.717, 1.165) is 22.4 Å². The minimum atomic E-state index is -1.16. The van der Waals surface area contributed by atoms with Crippen LogP contribution < -0.4 is 11.1 Å².